The number of anilines is 2. The summed E-state index contributed by atoms with van der Waals surface area (Å²) in [7, 11) is 0. The number of hydrogen-bond acceptors (Lipinski definition) is 6. The summed E-state index contributed by atoms with van der Waals surface area (Å²) < 4.78 is 5.50. The Morgan fingerprint density at radius 1 is 0.800 bits per heavy atom. The van der Waals surface area contributed by atoms with E-state index in [1.54, 1.807) is 0 Å². The number of rotatable bonds is 11. The van der Waals surface area contributed by atoms with Crippen molar-refractivity contribution in [2.75, 3.05) is 30.3 Å². The zero-order valence-corrected chi connectivity index (χ0v) is 12.9. The van der Waals surface area contributed by atoms with Crippen LogP contribution in [0.5, 0.6) is 6.01 Å². The highest BCUT2D eigenvalue weighted by Gasteiger charge is 2.06. The Balaban J connectivity index is 2.64. The van der Waals surface area contributed by atoms with E-state index in [9.17, 15) is 0 Å². The summed E-state index contributed by atoms with van der Waals surface area (Å²) in [4.78, 5) is 12.9. The van der Waals surface area contributed by atoms with Crippen LogP contribution in [0.15, 0.2) is 0 Å². The molecule has 6 nitrogen and oxygen atoms in total. The number of nitrogens with one attached hydrogen (secondary N) is 2. The lowest BCUT2D eigenvalue weighted by molar-refractivity contribution is 0.292. The number of ether oxygens (including phenoxy) is 1. The molecule has 1 aromatic rings. The van der Waals surface area contributed by atoms with Gasteiger partial charge in [-0.05, 0) is 19.3 Å². The van der Waals surface area contributed by atoms with E-state index in [4.69, 9.17) is 4.74 Å². The molecule has 0 saturated carbocycles. The maximum Gasteiger partial charge on any atom is 0.323 e. The Bertz CT molecular complexity index is 346. The third-order valence-electron chi connectivity index (χ3n) is 2.65. The Morgan fingerprint density at radius 2 is 1.50 bits per heavy atom. The van der Waals surface area contributed by atoms with Crippen molar-refractivity contribution in [2.45, 2.75) is 52.9 Å². The third kappa shape index (κ3) is 6.54. The second-order valence-electron chi connectivity index (χ2n) is 4.67. The first-order valence-corrected chi connectivity index (χ1v) is 7.66. The third-order valence-corrected chi connectivity index (χ3v) is 2.65. The molecule has 0 aliphatic heterocycles. The molecule has 0 saturated heterocycles. The summed E-state index contributed by atoms with van der Waals surface area (Å²) in [6.45, 7) is 8.68. The fourth-order valence-corrected chi connectivity index (χ4v) is 1.58. The Labute approximate surface area is 121 Å². The second kappa shape index (κ2) is 10.2. The summed E-state index contributed by atoms with van der Waals surface area (Å²) in [5.41, 5.74) is 0. The molecular formula is C14H27N5O. The van der Waals surface area contributed by atoms with Crippen LogP contribution in [0.1, 0.15) is 52.9 Å². The summed E-state index contributed by atoms with van der Waals surface area (Å²) in [5, 5.41) is 6.40. The molecule has 0 fully saturated rings. The maximum atomic E-state index is 5.50. The van der Waals surface area contributed by atoms with Crippen LogP contribution in [-0.4, -0.2) is 34.6 Å². The van der Waals surface area contributed by atoms with Gasteiger partial charge in [0, 0.05) is 13.1 Å². The highest BCUT2D eigenvalue weighted by molar-refractivity contribution is 5.35. The van der Waals surface area contributed by atoms with Gasteiger partial charge in [-0.1, -0.05) is 33.6 Å². The molecule has 0 spiro atoms. The fourth-order valence-electron chi connectivity index (χ4n) is 1.58. The molecule has 6 heteroatoms. The lowest BCUT2D eigenvalue weighted by Gasteiger charge is -2.10. The van der Waals surface area contributed by atoms with Gasteiger partial charge in [-0.25, -0.2) is 0 Å². The van der Waals surface area contributed by atoms with E-state index in [0.717, 1.165) is 32.4 Å². The largest absolute Gasteiger partial charge is 0.463 e. The highest BCUT2D eigenvalue weighted by Crippen LogP contribution is 2.11. The lowest BCUT2D eigenvalue weighted by atomic mass is 10.2. The van der Waals surface area contributed by atoms with Gasteiger partial charge in [0.05, 0.1) is 6.61 Å². The van der Waals surface area contributed by atoms with Crippen molar-refractivity contribution in [1.82, 2.24) is 15.0 Å². The standard InChI is InChI=1S/C14H27N5O/c1-4-7-8-10-16-13-17-12(15-9-5-2)18-14(19-13)20-11-6-3/h4-11H2,1-3H3,(H2,15,16,17,18,19). The quantitative estimate of drug-likeness (QED) is 0.607. The van der Waals surface area contributed by atoms with Crippen LogP contribution in [-0.2, 0) is 0 Å². The molecule has 0 radical (unpaired) electrons. The Kier molecular flexibility index (Phi) is 8.42. The summed E-state index contributed by atoms with van der Waals surface area (Å²) in [5.74, 6) is 1.16. The molecule has 0 atom stereocenters. The number of aromatic nitrogens is 3. The van der Waals surface area contributed by atoms with Gasteiger partial charge in [-0.2, -0.15) is 15.0 Å². The molecule has 0 bridgehead atoms. The van der Waals surface area contributed by atoms with E-state index in [2.05, 4.69) is 46.4 Å². The molecule has 0 aliphatic rings. The Hall–Kier alpha value is -1.59. The predicted molar refractivity (Wildman–Crippen MR) is 82.4 cm³/mol. The van der Waals surface area contributed by atoms with Gasteiger partial charge in [0.15, 0.2) is 0 Å². The van der Waals surface area contributed by atoms with Crippen molar-refractivity contribution in [2.24, 2.45) is 0 Å². The van der Waals surface area contributed by atoms with Crippen LogP contribution in [0.3, 0.4) is 0 Å². The first-order chi connectivity index (χ1) is 9.80. The zero-order chi connectivity index (χ0) is 14.6. The predicted octanol–water partition coefficient (Wildman–Crippen LogP) is 3.08. The van der Waals surface area contributed by atoms with Crippen LogP contribution in [0.4, 0.5) is 11.9 Å². The van der Waals surface area contributed by atoms with Gasteiger partial charge in [0.25, 0.3) is 0 Å². The van der Waals surface area contributed by atoms with Gasteiger partial charge >= 0.3 is 6.01 Å². The summed E-state index contributed by atoms with van der Waals surface area (Å²) in [6, 6.07) is 0.387. The minimum atomic E-state index is 0.387. The molecule has 0 aromatic carbocycles. The van der Waals surface area contributed by atoms with Crippen molar-refractivity contribution in [3.8, 4) is 6.01 Å². The van der Waals surface area contributed by atoms with Crippen LogP contribution in [0.25, 0.3) is 0 Å². The number of nitrogens with zero attached hydrogens (tertiary/aromatic N) is 3. The van der Waals surface area contributed by atoms with Gasteiger partial charge in [0.2, 0.25) is 11.9 Å². The van der Waals surface area contributed by atoms with Crippen molar-refractivity contribution in [3.63, 3.8) is 0 Å². The topological polar surface area (TPSA) is 72.0 Å². The first kappa shape index (κ1) is 16.5. The molecule has 1 heterocycles. The molecular weight excluding hydrogens is 254 g/mol. The average Bonchev–Trinajstić information content (AvgIpc) is 2.47. The molecule has 0 aliphatic carbocycles. The van der Waals surface area contributed by atoms with Crippen LogP contribution < -0.4 is 15.4 Å². The lowest BCUT2D eigenvalue weighted by Crippen LogP contribution is -2.12. The van der Waals surface area contributed by atoms with Crippen LogP contribution in [0, 0.1) is 0 Å². The molecule has 0 amide bonds. The molecule has 2 N–H and O–H groups in total. The van der Waals surface area contributed by atoms with Crippen molar-refractivity contribution in [1.29, 1.82) is 0 Å². The van der Waals surface area contributed by atoms with Crippen molar-refractivity contribution < 1.29 is 4.74 Å². The SMILES string of the molecule is CCCCCNc1nc(NCCC)nc(OCCC)n1. The zero-order valence-electron chi connectivity index (χ0n) is 12.9. The van der Waals surface area contributed by atoms with E-state index < -0.39 is 0 Å². The average molecular weight is 281 g/mol. The highest BCUT2D eigenvalue weighted by atomic mass is 16.5. The monoisotopic (exact) mass is 281 g/mol. The molecule has 0 unspecified atom stereocenters. The van der Waals surface area contributed by atoms with Crippen LogP contribution >= 0.6 is 0 Å². The van der Waals surface area contributed by atoms with Crippen molar-refractivity contribution >= 4 is 11.9 Å². The fraction of sp³-hybridized carbons (Fsp3) is 0.786. The van der Waals surface area contributed by atoms with E-state index in [-0.39, 0.29) is 0 Å². The van der Waals surface area contributed by atoms with Gasteiger partial charge in [-0.15, -0.1) is 0 Å². The van der Waals surface area contributed by atoms with Crippen molar-refractivity contribution in [3.05, 3.63) is 0 Å². The number of unbranched alkanes of at least 4 members (excludes halogenated alkanes) is 2. The maximum absolute atomic E-state index is 5.50. The number of hydrogen-bond donors (Lipinski definition) is 2. The van der Waals surface area contributed by atoms with Crippen LogP contribution in [0.2, 0.25) is 0 Å². The van der Waals surface area contributed by atoms with E-state index in [0.29, 0.717) is 24.5 Å². The smallest absolute Gasteiger partial charge is 0.323 e. The first-order valence-electron chi connectivity index (χ1n) is 7.66. The Morgan fingerprint density at radius 3 is 2.10 bits per heavy atom. The summed E-state index contributed by atoms with van der Waals surface area (Å²) in [6.07, 6.45) is 5.48. The minimum absolute atomic E-state index is 0.387. The van der Waals surface area contributed by atoms with E-state index in [1.807, 2.05) is 0 Å². The van der Waals surface area contributed by atoms with E-state index in [1.165, 1.54) is 12.8 Å². The molecule has 20 heavy (non-hydrogen) atoms. The van der Waals surface area contributed by atoms with Gasteiger partial charge in [0.1, 0.15) is 0 Å². The molecule has 1 rings (SSSR count). The normalized spacial score (nSPS) is 10.3. The molecule has 114 valence electrons. The minimum Gasteiger partial charge on any atom is -0.463 e. The molecule has 1 aromatic heterocycles. The second-order valence-corrected chi connectivity index (χ2v) is 4.67. The summed E-state index contributed by atoms with van der Waals surface area (Å²) >= 11 is 0. The van der Waals surface area contributed by atoms with Gasteiger partial charge < -0.3 is 15.4 Å². The van der Waals surface area contributed by atoms with Gasteiger partial charge in [-0.3, -0.25) is 0 Å². The van der Waals surface area contributed by atoms with E-state index >= 15 is 0 Å².